The van der Waals surface area contributed by atoms with Gasteiger partial charge in [-0.25, -0.2) is 0 Å². The number of furan rings is 1. The van der Waals surface area contributed by atoms with Gasteiger partial charge in [-0.3, -0.25) is 4.98 Å². The van der Waals surface area contributed by atoms with Crippen molar-refractivity contribution < 1.29 is 8.94 Å². The van der Waals surface area contributed by atoms with Crippen LogP contribution in [0, 0.1) is 0 Å². The van der Waals surface area contributed by atoms with E-state index in [1.54, 1.807) is 12.3 Å². The Morgan fingerprint density at radius 2 is 1.95 bits per heavy atom. The average molecular weight is 267 g/mol. The maximum absolute atomic E-state index is 5.34. The second-order valence-electron chi connectivity index (χ2n) is 5.07. The number of aromatic nitrogens is 3. The summed E-state index contributed by atoms with van der Waals surface area (Å²) in [6.45, 7) is 0. The predicted molar refractivity (Wildman–Crippen MR) is 70.9 cm³/mol. The summed E-state index contributed by atoms with van der Waals surface area (Å²) in [5.41, 5.74) is 1.07. The quantitative estimate of drug-likeness (QED) is 0.729. The summed E-state index contributed by atoms with van der Waals surface area (Å²) in [5, 5.41) is 4.18. The maximum Gasteiger partial charge on any atom is 0.293 e. The van der Waals surface area contributed by atoms with Crippen LogP contribution in [0.2, 0.25) is 0 Å². The molecule has 5 heteroatoms. The third-order valence-corrected chi connectivity index (χ3v) is 4.03. The lowest BCUT2D eigenvalue weighted by Gasteiger charge is -2.39. The Morgan fingerprint density at radius 1 is 1.10 bits per heavy atom. The standard InChI is InChI=1S/C15H13N3O2/c1-3-12(19-10-1)13-17-14(18-20-13)15(6-2-7-15)11-4-8-16-9-5-11/h1,3-5,8-10H,2,6-7H2. The van der Waals surface area contributed by atoms with E-state index < -0.39 is 0 Å². The van der Waals surface area contributed by atoms with Crippen molar-refractivity contribution in [2.24, 2.45) is 0 Å². The molecule has 5 nitrogen and oxygen atoms in total. The van der Waals surface area contributed by atoms with Gasteiger partial charge in [0.2, 0.25) is 0 Å². The Bertz CT molecular complexity index is 700. The number of pyridine rings is 1. The number of hydrogen-bond donors (Lipinski definition) is 0. The van der Waals surface area contributed by atoms with Crippen LogP contribution in [0.1, 0.15) is 30.7 Å². The van der Waals surface area contributed by atoms with Crippen LogP contribution in [0.25, 0.3) is 11.7 Å². The van der Waals surface area contributed by atoms with Gasteiger partial charge in [-0.05, 0) is 42.7 Å². The minimum absolute atomic E-state index is 0.128. The first-order chi connectivity index (χ1) is 9.88. The second kappa shape index (κ2) is 4.30. The highest BCUT2D eigenvalue weighted by Crippen LogP contribution is 2.47. The molecule has 0 unspecified atom stereocenters. The van der Waals surface area contributed by atoms with Crippen LogP contribution in [0.5, 0.6) is 0 Å². The molecule has 3 heterocycles. The molecule has 3 aromatic rings. The summed E-state index contributed by atoms with van der Waals surface area (Å²) < 4.78 is 10.6. The molecule has 0 bridgehead atoms. The monoisotopic (exact) mass is 267 g/mol. The molecule has 100 valence electrons. The molecule has 0 N–H and O–H groups in total. The first-order valence-electron chi connectivity index (χ1n) is 6.67. The zero-order valence-corrected chi connectivity index (χ0v) is 10.8. The first kappa shape index (κ1) is 11.4. The smallest absolute Gasteiger partial charge is 0.293 e. The maximum atomic E-state index is 5.34. The van der Waals surface area contributed by atoms with Crippen molar-refractivity contribution in [1.82, 2.24) is 15.1 Å². The molecule has 0 saturated heterocycles. The molecular formula is C15H13N3O2. The van der Waals surface area contributed by atoms with Gasteiger partial charge in [0.1, 0.15) is 0 Å². The number of nitrogens with zero attached hydrogens (tertiary/aromatic N) is 3. The molecule has 0 radical (unpaired) electrons. The summed E-state index contributed by atoms with van der Waals surface area (Å²) in [4.78, 5) is 8.61. The zero-order valence-electron chi connectivity index (χ0n) is 10.8. The molecule has 1 aliphatic rings. The van der Waals surface area contributed by atoms with Crippen LogP contribution in [0.15, 0.2) is 51.9 Å². The predicted octanol–water partition coefficient (Wildman–Crippen LogP) is 3.19. The van der Waals surface area contributed by atoms with Crippen molar-refractivity contribution in [2.75, 3.05) is 0 Å². The van der Waals surface area contributed by atoms with Gasteiger partial charge in [-0.2, -0.15) is 4.98 Å². The van der Waals surface area contributed by atoms with Crippen molar-refractivity contribution in [3.05, 3.63) is 54.3 Å². The van der Waals surface area contributed by atoms with Crippen molar-refractivity contribution in [2.45, 2.75) is 24.7 Å². The lowest BCUT2D eigenvalue weighted by Crippen LogP contribution is -2.36. The van der Waals surface area contributed by atoms with Crippen LogP contribution in [0.4, 0.5) is 0 Å². The van der Waals surface area contributed by atoms with Crippen molar-refractivity contribution in [1.29, 1.82) is 0 Å². The van der Waals surface area contributed by atoms with Crippen molar-refractivity contribution in [3.8, 4) is 11.7 Å². The molecular weight excluding hydrogens is 254 g/mol. The average Bonchev–Trinajstić information content (AvgIpc) is 3.09. The Balaban J connectivity index is 1.76. The normalized spacial score (nSPS) is 16.8. The van der Waals surface area contributed by atoms with E-state index in [-0.39, 0.29) is 5.41 Å². The summed E-state index contributed by atoms with van der Waals surface area (Å²) in [7, 11) is 0. The van der Waals surface area contributed by atoms with Crippen LogP contribution < -0.4 is 0 Å². The third kappa shape index (κ3) is 1.59. The molecule has 0 aromatic carbocycles. The molecule has 1 aliphatic carbocycles. The second-order valence-corrected chi connectivity index (χ2v) is 5.07. The number of rotatable bonds is 3. The van der Waals surface area contributed by atoms with Crippen LogP contribution >= 0.6 is 0 Å². The SMILES string of the molecule is c1coc(-c2nc(C3(c4ccncc4)CCC3)no2)c1. The highest BCUT2D eigenvalue weighted by molar-refractivity contribution is 5.44. The molecule has 0 atom stereocenters. The minimum Gasteiger partial charge on any atom is -0.459 e. The first-order valence-corrected chi connectivity index (χ1v) is 6.67. The van der Waals surface area contributed by atoms with E-state index in [0.717, 1.165) is 18.7 Å². The lowest BCUT2D eigenvalue weighted by atomic mass is 9.64. The van der Waals surface area contributed by atoms with Crippen molar-refractivity contribution >= 4 is 0 Å². The molecule has 1 fully saturated rings. The van der Waals surface area contributed by atoms with Gasteiger partial charge in [-0.1, -0.05) is 11.6 Å². The van der Waals surface area contributed by atoms with Gasteiger partial charge in [0.05, 0.1) is 11.7 Å². The van der Waals surface area contributed by atoms with E-state index >= 15 is 0 Å². The van der Waals surface area contributed by atoms with Crippen LogP contribution in [0.3, 0.4) is 0 Å². The van der Waals surface area contributed by atoms with E-state index in [9.17, 15) is 0 Å². The fraction of sp³-hybridized carbons (Fsp3) is 0.267. The Hall–Kier alpha value is -2.43. The Labute approximate surface area is 115 Å². The van der Waals surface area contributed by atoms with Gasteiger partial charge in [-0.15, -0.1) is 0 Å². The van der Waals surface area contributed by atoms with E-state index in [1.165, 1.54) is 12.0 Å². The molecule has 0 aliphatic heterocycles. The van der Waals surface area contributed by atoms with Crippen LogP contribution in [-0.2, 0) is 5.41 Å². The van der Waals surface area contributed by atoms with E-state index in [0.29, 0.717) is 11.7 Å². The van der Waals surface area contributed by atoms with Gasteiger partial charge in [0.15, 0.2) is 11.6 Å². The minimum atomic E-state index is -0.128. The molecule has 3 aromatic heterocycles. The number of hydrogen-bond acceptors (Lipinski definition) is 5. The molecule has 0 amide bonds. The third-order valence-electron chi connectivity index (χ3n) is 4.03. The fourth-order valence-electron chi connectivity index (χ4n) is 2.76. The summed E-state index contributed by atoms with van der Waals surface area (Å²) in [6.07, 6.45) is 8.46. The highest BCUT2D eigenvalue weighted by Gasteiger charge is 2.44. The van der Waals surface area contributed by atoms with Gasteiger partial charge >= 0.3 is 0 Å². The fourth-order valence-corrected chi connectivity index (χ4v) is 2.76. The lowest BCUT2D eigenvalue weighted by molar-refractivity contribution is 0.272. The van der Waals surface area contributed by atoms with Gasteiger partial charge < -0.3 is 8.94 Å². The Kier molecular flexibility index (Phi) is 2.45. The largest absolute Gasteiger partial charge is 0.459 e. The van der Waals surface area contributed by atoms with Crippen molar-refractivity contribution in [3.63, 3.8) is 0 Å². The van der Waals surface area contributed by atoms with Crippen LogP contribution in [-0.4, -0.2) is 15.1 Å². The summed E-state index contributed by atoms with van der Waals surface area (Å²) in [6, 6.07) is 7.68. The Morgan fingerprint density at radius 3 is 2.60 bits per heavy atom. The van der Waals surface area contributed by atoms with E-state index in [4.69, 9.17) is 8.94 Å². The molecule has 4 rings (SSSR count). The van der Waals surface area contributed by atoms with Gasteiger partial charge in [0.25, 0.3) is 5.89 Å². The highest BCUT2D eigenvalue weighted by atomic mass is 16.5. The molecule has 0 spiro atoms. The zero-order chi connectivity index (χ0) is 13.4. The molecule has 1 saturated carbocycles. The van der Waals surface area contributed by atoms with E-state index in [1.807, 2.05) is 30.6 Å². The summed E-state index contributed by atoms with van der Waals surface area (Å²) in [5.74, 6) is 1.78. The topological polar surface area (TPSA) is 65.0 Å². The summed E-state index contributed by atoms with van der Waals surface area (Å²) >= 11 is 0. The van der Waals surface area contributed by atoms with Gasteiger partial charge in [0, 0.05) is 12.4 Å². The molecule has 20 heavy (non-hydrogen) atoms. The van der Waals surface area contributed by atoms with E-state index in [2.05, 4.69) is 15.1 Å².